The van der Waals surface area contributed by atoms with Crippen molar-refractivity contribution in [2.45, 2.75) is 18.4 Å². The molecule has 3 N–H and O–H groups in total. The summed E-state index contributed by atoms with van der Waals surface area (Å²) in [6, 6.07) is 13.2. The van der Waals surface area contributed by atoms with E-state index in [2.05, 4.69) is 4.74 Å². The van der Waals surface area contributed by atoms with Crippen molar-refractivity contribution in [1.29, 1.82) is 0 Å². The molecular formula is C19H20O5. The lowest BCUT2D eigenvalue weighted by atomic mass is 9.90. The van der Waals surface area contributed by atoms with Crippen molar-refractivity contribution >= 4 is 12.0 Å². The minimum Gasteiger partial charge on any atom is -0.508 e. The highest BCUT2D eigenvalue weighted by molar-refractivity contribution is 5.70. The molecule has 24 heavy (non-hydrogen) atoms. The first-order valence-electron chi connectivity index (χ1n) is 7.50. The lowest BCUT2D eigenvalue weighted by molar-refractivity contribution is -0.142. The van der Waals surface area contributed by atoms with E-state index in [0.29, 0.717) is 5.56 Å². The van der Waals surface area contributed by atoms with Crippen LogP contribution >= 0.6 is 0 Å². The Balaban J connectivity index is 2.29. The fourth-order valence-electron chi connectivity index (χ4n) is 2.42. The van der Waals surface area contributed by atoms with Crippen LogP contribution in [-0.2, 0) is 9.53 Å². The number of carbonyl (C=O) groups excluding carboxylic acids is 1. The maximum atomic E-state index is 11.5. The Labute approximate surface area is 140 Å². The van der Waals surface area contributed by atoms with Crippen LogP contribution in [0.2, 0.25) is 0 Å². The van der Waals surface area contributed by atoms with Crippen LogP contribution in [0, 0.1) is 0 Å². The number of aliphatic hydroxyl groups is 1. The van der Waals surface area contributed by atoms with Crippen LogP contribution in [0.1, 0.15) is 23.5 Å². The molecule has 2 atom stereocenters. The summed E-state index contributed by atoms with van der Waals surface area (Å²) in [5, 5.41) is 29.6. The average molecular weight is 328 g/mol. The van der Waals surface area contributed by atoms with Gasteiger partial charge in [-0.3, -0.25) is 4.79 Å². The van der Waals surface area contributed by atoms with E-state index in [-0.39, 0.29) is 17.9 Å². The molecule has 5 nitrogen and oxygen atoms in total. The number of ether oxygens (including phenoxy) is 1. The molecule has 0 saturated carbocycles. The molecule has 0 fully saturated rings. The highest BCUT2D eigenvalue weighted by Crippen LogP contribution is 2.27. The number of phenols is 2. The van der Waals surface area contributed by atoms with Gasteiger partial charge in [0.25, 0.3) is 0 Å². The fraction of sp³-hybridized carbons (Fsp3) is 0.211. The molecule has 5 heteroatoms. The number of aliphatic hydroxyl groups excluding tert-OH is 1. The Bertz CT molecular complexity index is 723. The van der Waals surface area contributed by atoms with Crippen molar-refractivity contribution in [1.82, 2.24) is 0 Å². The van der Waals surface area contributed by atoms with Gasteiger partial charge in [-0.25, -0.2) is 0 Å². The molecule has 0 radical (unpaired) electrons. The number of hydrogen-bond acceptors (Lipinski definition) is 5. The van der Waals surface area contributed by atoms with Crippen molar-refractivity contribution < 1.29 is 24.9 Å². The Kier molecular flexibility index (Phi) is 5.98. The monoisotopic (exact) mass is 328 g/mol. The number of hydrogen-bond donors (Lipinski definition) is 3. The predicted molar refractivity (Wildman–Crippen MR) is 90.6 cm³/mol. The summed E-state index contributed by atoms with van der Waals surface area (Å²) in [7, 11) is 1.26. The average Bonchev–Trinajstić information content (AvgIpc) is 2.55. The summed E-state index contributed by atoms with van der Waals surface area (Å²) in [5.41, 5.74) is 1.42. The topological polar surface area (TPSA) is 87.0 Å². The second kappa shape index (κ2) is 8.17. The third-order valence-electron chi connectivity index (χ3n) is 3.64. The van der Waals surface area contributed by atoms with Crippen molar-refractivity contribution in [2.24, 2.45) is 0 Å². The van der Waals surface area contributed by atoms with Crippen LogP contribution in [-0.4, -0.2) is 34.5 Å². The molecular weight excluding hydrogens is 308 g/mol. The minimum atomic E-state index is -1.01. The van der Waals surface area contributed by atoms with Gasteiger partial charge in [0.05, 0.1) is 19.6 Å². The third kappa shape index (κ3) is 4.86. The molecule has 0 aliphatic rings. The van der Waals surface area contributed by atoms with Gasteiger partial charge in [-0.15, -0.1) is 0 Å². The second-order valence-corrected chi connectivity index (χ2v) is 5.42. The quantitative estimate of drug-likeness (QED) is 0.710. The molecule has 0 amide bonds. The molecule has 0 aromatic heterocycles. The van der Waals surface area contributed by atoms with E-state index < -0.39 is 18.0 Å². The number of aromatic hydroxyl groups is 2. The Hall–Kier alpha value is -2.79. The summed E-state index contributed by atoms with van der Waals surface area (Å²) in [4.78, 5) is 11.5. The highest BCUT2D eigenvalue weighted by atomic mass is 16.5. The fourth-order valence-corrected chi connectivity index (χ4v) is 2.42. The lowest BCUT2D eigenvalue weighted by Gasteiger charge is -2.20. The summed E-state index contributed by atoms with van der Waals surface area (Å²) in [6.45, 7) is 0. The van der Waals surface area contributed by atoms with Gasteiger partial charge in [0, 0.05) is 5.92 Å². The van der Waals surface area contributed by atoms with Gasteiger partial charge in [-0.1, -0.05) is 36.4 Å². The lowest BCUT2D eigenvalue weighted by Crippen LogP contribution is -2.21. The Morgan fingerprint density at radius 1 is 1.12 bits per heavy atom. The Morgan fingerprint density at radius 3 is 2.42 bits per heavy atom. The largest absolute Gasteiger partial charge is 0.508 e. The van der Waals surface area contributed by atoms with Crippen LogP contribution < -0.4 is 0 Å². The summed E-state index contributed by atoms with van der Waals surface area (Å²) in [6.07, 6.45) is 2.31. The van der Waals surface area contributed by atoms with E-state index >= 15 is 0 Å². The first-order valence-corrected chi connectivity index (χ1v) is 7.50. The normalized spacial score (nSPS) is 13.6. The summed E-state index contributed by atoms with van der Waals surface area (Å²) >= 11 is 0. The number of carbonyl (C=O) groups is 1. The second-order valence-electron chi connectivity index (χ2n) is 5.42. The number of rotatable bonds is 6. The van der Waals surface area contributed by atoms with E-state index in [1.165, 1.54) is 19.2 Å². The predicted octanol–water partition coefficient (Wildman–Crippen LogP) is 2.82. The molecule has 0 heterocycles. The highest BCUT2D eigenvalue weighted by Gasteiger charge is 2.22. The van der Waals surface area contributed by atoms with Crippen molar-refractivity contribution in [2.75, 3.05) is 7.11 Å². The number of benzene rings is 2. The van der Waals surface area contributed by atoms with Gasteiger partial charge >= 0.3 is 5.97 Å². The SMILES string of the molecule is COC(=O)C[C@@H](O)[C@H](/C=C/c1cccc(O)c1)c1cccc(O)c1. The molecule has 0 unspecified atom stereocenters. The first-order chi connectivity index (χ1) is 11.5. The van der Waals surface area contributed by atoms with Crippen molar-refractivity contribution in [3.05, 3.63) is 65.7 Å². The van der Waals surface area contributed by atoms with Gasteiger partial charge in [0.1, 0.15) is 11.5 Å². The van der Waals surface area contributed by atoms with E-state index in [0.717, 1.165) is 5.56 Å². The van der Waals surface area contributed by atoms with E-state index in [9.17, 15) is 20.1 Å². The summed E-state index contributed by atoms with van der Waals surface area (Å²) in [5.74, 6) is -0.813. The first kappa shape index (κ1) is 17.6. The van der Waals surface area contributed by atoms with Crippen LogP contribution in [0.4, 0.5) is 0 Å². The van der Waals surface area contributed by atoms with E-state index in [1.807, 2.05) is 6.07 Å². The van der Waals surface area contributed by atoms with Gasteiger partial charge in [-0.2, -0.15) is 0 Å². The number of methoxy groups -OCH3 is 1. The van der Waals surface area contributed by atoms with Crippen LogP contribution in [0.25, 0.3) is 6.08 Å². The minimum absolute atomic E-state index is 0.0773. The standard InChI is InChI=1S/C19H20O5/c1-24-19(23)12-18(22)17(14-5-3-7-16(21)11-14)9-8-13-4-2-6-15(20)10-13/h2-11,17-18,20-22H,12H2,1H3/b9-8+/t17-,18-/m1/s1. The molecule has 2 aromatic rings. The van der Waals surface area contributed by atoms with Gasteiger partial charge < -0.3 is 20.1 Å². The zero-order valence-corrected chi connectivity index (χ0v) is 13.3. The maximum absolute atomic E-state index is 11.5. The molecule has 2 aromatic carbocycles. The molecule has 0 spiro atoms. The van der Waals surface area contributed by atoms with Gasteiger partial charge in [0.15, 0.2) is 0 Å². The molecule has 0 saturated heterocycles. The number of esters is 1. The van der Waals surface area contributed by atoms with Crippen molar-refractivity contribution in [3.8, 4) is 11.5 Å². The smallest absolute Gasteiger partial charge is 0.308 e. The van der Waals surface area contributed by atoms with Crippen LogP contribution in [0.15, 0.2) is 54.6 Å². The van der Waals surface area contributed by atoms with Crippen LogP contribution in [0.3, 0.4) is 0 Å². The molecule has 0 bridgehead atoms. The molecule has 126 valence electrons. The van der Waals surface area contributed by atoms with Crippen molar-refractivity contribution in [3.63, 3.8) is 0 Å². The zero-order chi connectivity index (χ0) is 17.5. The molecule has 2 rings (SSSR count). The van der Waals surface area contributed by atoms with Crippen LogP contribution in [0.5, 0.6) is 11.5 Å². The van der Waals surface area contributed by atoms with Gasteiger partial charge in [-0.05, 0) is 35.4 Å². The summed E-state index contributed by atoms with van der Waals surface area (Å²) < 4.78 is 4.60. The number of phenolic OH excluding ortho intramolecular Hbond substituents is 2. The third-order valence-corrected chi connectivity index (χ3v) is 3.64. The van der Waals surface area contributed by atoms with E-state index in [1.54, 1.807) is 42.5 Å². The molecule has 0 aliphatic heterocycles. The zero-order valence-electron chi connectivity index (χ0n) is 13.3. The van der Waals surface area contributed by atoms with E-state index in [4.69, 9.17) is 0 Å². The maximum Gasteiger partial charge on any atom is 0.308 e. The Morgan fingerprint density at radius 2 is 1.79 bits per heavy atom. The molecule has 0 aliphatic carbocycles. The van der Waals surface area contributed by atoms with Gasteiger partial charge in [0.2, 0.25) is 0 Å².